The number of nitrogens with zero attached hydrogens (tertiary/aromatic N) is 3. The first-order valence-corrected chi connectivity index (χ1v) is 16.6. The van der Waals surface area contributed by atoms with Gasteiger partial charge in [-0.05, 0) is 90.6 Å². The third-order valence-corrected chi connectivity index (χ3v) is 8.62. The molecule has 0 saturated heterocycles. The van der Waals surface area contributed by atoms with Gasteiger partial charge in [-0.2, -0.15) is 0 Å². The first-order chi connectivity index (χ1) is 21.0. The minimum Gasteiger partial charge on any atom is -0.744 e. The van der Waals surface area contributed by atoms with Gasteiger partial charge in [-0.1, -0.05) is 42.0 Å². The fraction of sp³-hybridized carbons (Fsp3) is 0.400. The number of aromatic nitrogens is 3. The van der Waals surface area contributed by atoms with Crippen molar-refractivity contribution in [3.63, 3.8) is 0 Å². The van der Waals surface area contributed by atoms with Gasteiger partial charge in [0.2, 0.25) is 6.20 Å². The second kappa shape index (κ2) is 13.1. The molecule has 0 N–H and O–H groups in total. The molecule has 0 atom stereocenters. The van der Waals surface area contributed by atoms with Crippen molar-refractivity contribution in [3.05, 3.63) is 76.6 Å². The Morgan fingerprint density at radius 1 is 0.933 bits per heavy atom. The van der Waals surface area contributed by atoms with Crippen molar-refractivity contribution in [1.82, 2.24) is 9.67 Å². The lowest BCUT2D eigenvalue weighted by Crippen LogP contribution is -2.30. The molecule has 0 bridgehead atoms. The Morgan fingerprint density at radius 2 is 1.60 bits per heavy atom. The quantitative estimate of drug-likeness (QED) is 0.109. The minimum absolute atomic E-state index is 0.0851. The highest BCUT2D eigenvalue weighted by molar-refractivity contribution is 7.85. The van der Waals surface area contributed by atoms with Crippen LogP contribution in [0.5, 0.6) is 5.75 Å². The lowest BCUT2D eigenvalue weighted by Gasteiger charge is -2.20. The Bertz CT molecular complexity index is 1980. The van der Waals surface area contributed by atoms with Crippen LogP contribution in [0, 0.1) is 34.6 Å². The van der Waals surface area contributed by atoms with E-state index in [0.29, 0.717) is 17.7 Å². The number of pyridine rings is 1. The van der Waals surface area contributed by atoms with Gasteiger partial charge >= 0.3 is 6.09 Å². The van der Waals surface area contributed by atoms with Gasteiger partial charge in [-0.15, -0.1) is 0 Å². The maximum Gasteiger partial charge on any atom is 0.419 e. The van der Waals surface area contributed by atoms with Crippen LogP contribution in [0.15, 0.2) is 53.6 Å². The van der Waals surface area contributed by atoms with E-state index in [-0.39, 0.29) is 4.90 Å². The van der Waals surface area contributed by atoms with E-state index >= 15 is 0 Å². The van der Waals surface area contributed by atoms with Gasteiger partial charge in [0.05, 0.1) is 17.0 Å². The number of rotatable bonds is 6. The monoisotopic (exact) mass is 633 g/mol. The standard InChI is InChI=1S/C26H32N3O3.C9H12O3S/c1-7-8-9-14-31-19-10-11-20-21-12-13-28-23(15-17(2)18(3)27-28)24(21)29(22(20)16-19)25(30)32-26(4,5)6;1-6-4-7(2)9(8(3)5-6)13(10,11)12/h10-13,15-16H,7-9,14H2,1-6H3;4-5H,1-3H3,(H,10,11,12)/q+1;/p-1. The molecule has 3 aromatic heterocycles. The molecule has 0 aliphatic carbocycles. The third-order valence-electron chi connectivity index (χ3n) is 7.48. The van der Waals surface area contributed by atoms with Crippen LogP contribution in [-0.4, -0.2) is 40.9 Å². The first-order valence-electron chi connectivity index (χ1n) is 15.2. The van der Waals surface area contributed by atoms with E-state index < -0.39 is 21.8 Å². The van der Waals surface area contributed by atoms with Gasteiger partial charge in [0.15, 0.2) is 0 Å². The molecular formula is C35H43N3O6S. The average molecular weight is 634 g/mol. The molecule has 0 aliphatic heterocycles. The van der Waals surface area contributed by atoms with E-state index in [1.807, 2.05) is 76.5 Å². The summed E-state index contributed by atoms with van der Waals surface area (Å²) in [5.74, 6) is 0.753. The lowest BCUT2D eigenvalue weighted by atomic mass is 10.1. The van der Waals surface area contributed by atoms with Gasteiger partial charge in [0.1, 0.15) is 32.7 Å². The van der Waals surface area contributed by atoms with Crippen LogP contribution >= 0.6 is 0 Å². The largest absolute Gasteiger partial charge is 0.744 e. The molecule has 0 spiro atoms. The molecule has 0 saturated carbocycles. The Balaban J connectivity index is 0.000000297. The maximum atomic E-state index is 13.4. The van der Waals surface area contributed by atoms with E-state index in [1.165, 1.54) is 0 Å². The first kappa shape index (κ1) is 33.9. The topological polar surface area (TPSA) is 115 Å². The SMILES string of the molecule is CCCCCOc1ccc2c3cc[n+]4nc(C)c(C)cc4c3n(C(=O)OC(C)(C)C)c2c1.Cc1cc(C)c(S(=O)(=O)[O-])c(C)c1. The number of aryl methyl sites for hydroxylation is 5. The number of carbonyl (C=O) groups is 1. The maximum absolute atomic E-state index is 13.4. The van der Waals surface area contributed by atoms with Crippen LogP contribution in [0.4, 0.5) is 4.79 Å². The Labute approximate surface area is 265 Å². The molecular weight excluding hydrogens is 590 g/mol. The molecule has 0 unspecified atom stereocenters. The molecule has 2 aromatic carbocycles. The van der Waals surface area contributed by atoms with Gasteiger partial charge in [-0.3, -0.25) is 0 Å². The molecule has 9 nitrogen and oxygen atoms in total. The number of benzene rings is 2. The summed E-state index contributed by atoms with van der Waals surface area (Å²) in [6.07, 6.45) is 4.82. The molecule has 5 aromatic rings. The zero-order valence-corrected chi connectivity index (χ0v) is 28.5. The Morgan fingerprint density at radius 3 is 2.20 bits per heavy atom. The number of hydrogen-bond acceptors (Lipinski definition) is 7. The molecule has 5 rings (SSSR count). The highest BCUT2D eigenvalue weighted by Crippen LogP contribution is 2.34. The van der Waals surface area contributed by atoms with Crippen LogP contribution in [0.2, 0.25) is 0 Å². The normalized spacial score (nSPS) is 12.0. The molecule has 0 amide bonds. The number of fused-ring (bicyclic) bond motifs is 5. The van der Waals surface area contributed by atoms with E-state index in [2.05, 4.69) is 18.1 Å². The Kier molecular flexibility index (Phi) is 9.89. The molecule has 45 heavy (non-hydrogen) atoms. The van der Waals surface area contributed by atoms with E-state index in [0.717, 1.165) is 69.2 Å². The summed E-state index contributed by atoms with van der Waals surface area (Å²) in [7, 11) is -4.33. The number of carbonyl (C=O) groups excluding carboxylic acids is 1. The van der Waals surface area contributed by atoms with E-state index in [1.54, 1.807) is 30.5 Å². The van der Waals surface area contributed by atoms with Crippen molar-refractivity contribution in [2.75, 3.05) is 6.61 Å². The van der Waals surface area contributed by atoms with Crippen molar-refractivity contribution in [2.24, 2.45) is 0 Å². The number of unbranched alkanes of at least 4 members (excludes halogenated alkanes) is 2. The number of ether oxygens (including phenoxy) is 2. The summed E-state index contributed by atoms with van der Waals surface area (Å²) in [4.78, 5) is 13.3. The molecule has 0 fully saturated rings. The Hall–Kier alpha value is -4.02. The fourth-order valence-electron chi connectivity index (χ4n) is 5.51. The van der Waals surface area contributed by atoms with Crippen molar-refractivity contribution >= 4 is 43.5 Å². The average Bonchev–Trinajstić information content (AvgIpc) is 3.24. The summed E-state index contributed by atoms with van der Waals surface area (Å²) in [6, 6.07) is 13.4. The molecule has 10 heteroatoms. The highest BCUT2D eigenvalue weighted by atomic mass is 32.2. The smallest absolute Gasteiger partial charge is 0.419 e. The van der Waals surface area contributed by atoms with Crippen molar-refractivity contribution in [3.8, 4) is 5.75 Å². The summed E-state index contributed by atoms with van der Waals surface area (Å²) < 4.78 is 47.8. The molecule has 0 radical (unpaired) electrons. The molecule has 0 aliphatic rings. The van der Waals surface area contributed by atoms with Gasteiger partial charge in [-0.25, -0.2) is 17.8 Å². The highest BCUT2D eigenvalue weighted by Gasteiger charge is 2.27. The molecule has 3 heterocycles. The fourth-order valence-corrected chi connectivity index (χ4v) is 6.42. The van der Waals surface area contributed by atoms with Gasteiger partial charge in [0.25, 0.3) is 5.52 Å². The van der Waals surface area contributed by atoms with Crippen LogP contribution in [0.1, 0.15) is 74.9 Å². The van der Waals surface area contributed by atoms with Crippen LogP contribution in [0.25, 0.3) is 27.3 Å². The lowest BCUT2D eigenvalue weighted by molar-refractivity contribution is -0.580. The third kappa shape index (κ3) is 7.62. The van der Waals surface area contributed by atoms with Crippen LogP contribution in [-0.2, 0) is 14.9 Å². The molecule has 240 valence electrons. The van der Waals surface area contributed by atoms with E-state index in [9.17, 15) is 17.8 Å². The van der Waals surface area contributed by atoms with Crippen LogP contribution in [0.3, 0.4) is 0 Å². The van der Waals surface area contributed by atoms with Gasteiger partial charge in [0, 0.05) is 34.1 Å². The van der Waals surface area contributed by atoms with Crippen LogP contribution < -0.4 is 9.25 Å². The van der Waals surface area contributed by atoms with Gasteiger partial charge < -0.3 is 14.0 Å². The zero-order chi connectivity index (χ0) is 33.3. The second-order valence-electron chi connectivity index (χ2n) is 12.6. The predicted octanol–water partition coefficient (Wildman–Crippen LogP) is 7.41. The van der Waals surface area contributed by atoms with E-state index in [4.69, 9.17) is 9.47 Å². The number of hydrogen-bond donors (Lipinski definition) is 0. The van der Waals surface area contributed by atoms with Crippen molar-refractivity contribution < 1.29 is 31.8 Å². The second-order valence-corrected chi connectivity index (χ2v) is 13.9. The summed E-state index contributed by atoms with van der Waals surface area (Å²) in [5.41, 5.74) is 5.82. The summed E-state index contributed by atoms with van der Waals surface area (Å²) in [5, 5.41) is 6.63. The van der Waals surface area contributed by atoms with Crippen molar-refractivity contribution in [2.45, 2.75) is 92.1 Å². The predicted molar refractivity (Wildman–Crippen MR) is 175 cm³/mol. The van der Waals surface area contributed by atoms with Crippen molar-refractivity contribution in [1.29, 1.82) is 0 Å². The summed E-state index contributed by atoms with van der Waals surface area (Å²) >= 11 is 0. The minimum atomic E-state index is -4.33. The summed E-state index contributed by atoms with van der Waals surface area (Å²) in [6.45, 7) is 17.6. The zero-order valence-electron chi connectivity index (χ0n) is 27.6.